The third-order valence-corrected chi connectivity index (χ3v) is 3.35. The normalized spacial score (nSPS) is 15.2. The molecule has 7 nitrogen and oxygen atoms in total. The second-order valence-electron chi connectivity index (χ2n) is 4.68. The molecule has 106 valence electrons. The molecule has 0 aromatic carbocycles. The second-order valence-corrected chi connectivity index (χ2v) is 4.68. The number of nitrogens with zero attached hydrogens (tertiary/aromatic N) is 4. The van der Waals surface area contributed by atoms with Crippen LogP contribution in [-0.4, -0.2) is 47.3 Å². The van der Waals surface area contributed by atoms with Crippen molar-refractivity contribution in [3.8, 4) is 0 Å². The smallest absolute Gasteiger partial charge is 0.241 e. The number of carbonyl (C=O) groups is 1. The number of methoxy groups -OCH3 is 1. The largest absolute Gasteiger partial charge is 0.383 e. The quantitative estimate of drug-likeness (QED) is 0.821. The number of ether oxygens (including phenoxy) is 1. The molecule has 3 heterocycles. The van der Waals surface area contributed by atoms with Crippen molar-refractivity contribution < 1.29 is 9.53 Å². The van der Waals surface area contributed by atoms with Crippen LogP contribution in [0, 0.1) is 0 Å². The molecule has 7 heteroatoms. The number of anilines is 2. The van der Waals surface area contributed by atoms with E-state index in [-0.39, 0.29) is 5.91 Å². The molecule has 1 aliphatic rings. The van der Waals surface area contributed by atoms with Gasteiger partial charge in [0, 0.05) is 32.8 Å². The molecule has 0 saturated carbocycles. The number of hydrogen-bond acceptors (Lipinski definition) is 5. The summed E-state index contributed by atoms with van der Waals surface area (Å²) in [6, 6.07) is 1.91. The van der Waals surface area contributed by atoms with Gasteiger partial charge in [0.1, 0.15) is 5.52 Å². The van der Waals surface area contributed by atoms with Gasteiger partial charge >= 0.3 is 0 Å². The summed E-state index contributed by atoms with van der Waals surface area (Å²) in [7, 11) is 1.65. The van der Waals surface area contributed by atoms with Gasteiger partial charge in [-0.15, -0.1) is 5.10 Å². The topological polar surface area (TPSA) is 71.8 Å². The first kappa shape index (κ1) is 12.9. The van der Waals surface area contributed by atoms with Crippen LogP contribution in [0.3, 0.4) is 0 Å². The van der Waals surface area contributed by atoms with E-state index in [9.17, 15) is 4.79 Å². The predicted octanol–water partition coefficient (Wildman–Crippen LogP) is 0.914. The molecule has 1 N–H and O–H groups in total. The minimum Gasteiger partial charge on any atom is -0.383 e. The van der Waals surface area contributed by atoms with Gasteiger partial charge in [-0.05, 0) is 12.5 Å². The van der Waals surface area contributed by atoms with Gasteiger partial charge in [0.25, 0.3) is 0 Å². The number of amides is 1. The monoisotopic (exact) mass is 275 g/mol. The summed E-state index contributed by atoms with van der Waals surface area (Å²) in [5, 5.41) is 7.44. The molecule has 1 aliphatic heterocycles. The van der Waals surface area contributed by atoms with Crippen molar-refractivity contribution >= 4 is 23.1 Å². The van der Waals surface area contributed by atoms with Gasteiger partial charge in [0.2, 0.25) is 11.9 Å². The number of rotatable bonds is 5. The van der Waals surface area contributed by atoms with Crippen molar-refractivity contribution in [2.75, 3.05) is 37.0 Å². The van der Waals surface area contributed by atoms with Crippen molar-refractivity contribution in [1.29, 1.82) is 0 Å². The molecule has 0 radical (unpaired) electrons. The number of fused-ring (bicyclic) bond motifs is 1. The Morgan fingerprint density at radius 3 is 3.15 bits per heavy atom. The maximum absolute atomic E-state index is 11.8. The number of hydrogen-bond donors (Lipinski definition) is 1. The molecular weight excluding hydrogens is 258 g/mol. The van der Waals surface area contributed by atoms with E-state index < -0.39 is 0 Å². The Hall–Kier alpha value is -2.15. The van der Waals surface area contributed by atoms with Crippen LogP contribution < -0.4 is 10.2 Å². The van der Waals surface area contributed by atoms with Gasteiger partial charge in [0.05, 0.1) is 18.5 Å². The Bertz CT molecular complexity index is 624. The highest BCUT2D eigenvalue weighted by atomic mass is 16.5. The summed E-state index contributed by atoms with van der Waals surface area (Å²) in [4.78, 5) is 17.9. The molecular formula is C13H17N5O2. The zero-order valence-corrected chi connectivity index (χ0v) is 11.4. The molecule has 1 fully saturated rings. The molecule has 1 amide bonds. The molecule has 0 bridgehead atoms. The maximum atomic E-state index is 11.8. The van der Waals surface area contributed by atoms with Crippen LogP contribution in [0.2, 0.25) is 0 Å². The average Bonchev–Trinajstić information content (AvgIpc) is 3.04. The lowest BCUT2D eigenvalue weighted by molar-refractivity contribution is -0.117. The minimum absolute atomic E-state index is 0.167. The standard InChI is InChI=1S/C13H17N5O2/c1-20-8-5-14-13-15-9-11-10(4-7-18(11)16-13)17-6-2-3-12(17)19/h4,7,9H,2-3,5-6,8H2,1H3,(H,14,16). The van der Waals surface area contributed by atoms with Crippen molar-refractivity contribution in [2.45, 2.75) is 12.8 Å². The van der Waals surface area contributed by atoms with E-state index in [1.807, 2.05) is 12.3 Å². The fraction of sp³-hybridized carbons (Fsp3) is 0.462. The van der Waals surface area contributed by atoms with E-state index >= 15 is 0 Å². The third kappa shape index (κ3) is 2.32. The van der Waals surface area contributed by atoms with Gasteiger partial charge in [-0.1, -0.05) is 0 Å². The van der Waals surface area contributed by atoms with E-state index in [1.165, 1.54) is 0 Å². The molecule has 0 spiro atoms. The lowest BCUT2D eigenvalue weighted by Gasteiger charge is -2.14. The molecule has 0 unspecified atom stereocenters. The maximum Gasteiger partial charge on any atom is 0.241 e. The summed E-state index contributed by atoms with van der Waals surface area (Å²) in [5.74, 6) is 0.713. The van der Waals surface area contributed by atoms with Crippen LogP contribution in [0.5, 0.6) is 0 Å². The van der Waals surface area contributed by atoms with Crippen molar-refractivity contribution in [1.82, 2.24) is 14.6 Å². The number of aromatic nitrogens is 3. The molecule has 0 atom stereocenters. The van der Waals surface area contributed by atoms with Gasteiger partial charge in [-0.25, -0.2) is 9.50 Å². The summed E-state index contributed by atoms with van der Waals surface area (Å²) in [5.41, 5.74) is 1.73. The van der Waals surface area contributed by atoms with Gasteiger partial charge in [-0.3, -0.25) is 4.79 Å². The SMILES string of the molecule is COCCNc1ncc2c(N3CCCC3=O)ccn2n1. The Morgan fingerprint density at radius 2 is 2.40 bits per heavy atom. The highest BCUT2D eigenvalue weighted by Gasteiger charge is 2.24. The van der Waals surface area contributed by atoms with E-state index in [0.29, 0.717) is 25.5 Å². The lowest BCUT2D eigenvalue weighted by atomic mass is 10.4. The lowest BCUT2D eigenvalue weighted by Crippen LogP contribution is -2.23. The van der Waals surface area contributed by atoms with Crippen LogP contribution in [-0.2, 0) is 9.53 Å². The number of carbonyl (C=O) groups excluding carboxylic acids is 1. The Balaban J connectivity index is 1.84. The molecule has 3 rings (SSSR count). The Labute approximate surface area is 116 Å². The summed E-state index contributed by atoms with van der Waals surface area (Å²) in [6.45, 7) is 2.02. The molecule has 1 saturated heterocycles. The molecule has 20 heavy (non-hydrogen) atoms. The first-order valence-electron chi connectivity index (χ1n) is 6.67. The average molecular weight is 275 g/mol. The van der Waals surface area contributed by atoms with E-state index in [0.717, 1.165) is 24.2 Å². The Morgan fingerprint density at radius 1 is 1.50 bits per heavy atom. The highest BCUT2D eigenvalue weighted by Crippen LogP contribution is 2.26. The number of nitrogens with one attached hydrogen (secondary N) is 1. The van der Waals surface area contributed by atoms with Crippen LogP contribution in [0.1, 0.15) is 12.8 Å². The van der Waals surface area contributed by atoms with E-state index in [2.05, 4.69) is 15.4 Å². The van der Waals surface area contributed by atoms with Crippen molar-refractivity contribution in [2.24, 2.45) is 0 Å². The van der Waals surface area contributed by atoms with Crippen LogP contribution in [0.4, 0.5) is 11.6 Å². The van der Waals surface area contributed by atoms with Crippen molar-refractivity contribution in [3.63, 3.8) is 0 Å². The molecule has 2 aromatic heterocycles. The van der Waals surface area contributed by atoms with Crippen LogP contribution >= 0.6 is 0 Å². The first-order chi connectivity index (χ1) is 9.79. The fourth-order valence-electron chi connectivity index (χ4n) is 2.36. The van der Waals surface area contributed by atoms with E-state index in [1.54, 1.807) is 22.7 Å². The minimum atomic E-state index is 0.167. The zero-order chi connectivity index (χ0) is 13.9. The van der Waals surface area contributed by atoms with Gasteiger partial charge < -0.3 is 15.0 Å². The summed E-state index contributed by atoms with van der Waals surface area (Å²) in [6.07, 6.45) is 5.12. The third-order valence-electron chi connectivity index (χ3n) is 3.35. The second kappa shape index (κ2) is 5.46. The van der Waals surface area contributed by atoms with Gasteiger partial charge in [0.15, 0.2) is 0 Å². The summed E-state index contributed by atoms with van der Waals surface area (Å²) < 4.78 is 6.70. The predicted molar refractivity (Wildman–Crippen MR) is 74.9 cm³/mol. The fourth-order valence-corrected chi connectivity index (χ4v) is 2.36. The highest BCUT2D eigenvalue weighted by molar-refractivity contribution is 5.99. The molecule has 2 aromatic rings. The molecule has 0 aliphatic carbocycles. The Kier molecular flexibility index (Phi) is 3.51. The van der Waals surface area contributed by atoms with Crippen LogP contribution in [0.15, 0.2) is 18.5 Å². The summed E-state index contributed by atoms with van der Waals surface area (Å²) >= 11 is 0. The van der Waals surface area contributed by atoms with Gasteiger partial charge in [-0.2, -0.15) is 0 Å². The van der Waals surface area contributed by atoms with E-state index in [4.69, 9.17) is 4.74 Å². The van der Waals surface area contributed by atoms with Crippen molar-refractivity contribution in [3.05, 3.63) is 18.5 Å². The zero-order valence-electron chi connectivity index (χ0n) is 11.4. The first-order valence-corrected chi connectivity index (χ1v) is 6.67. The van der Waals surface area contributed by atoms with Crippen LogP contribution in [0.25, 0.3) is 5.52 Å².